The molecular formula is C18H24N4O3S. The monoisotopic (exact) mass is 376 g/mol. The fraction of sp³-hybridized carbons (Fsp3) is 0.444. The molecule has 1 aromatic carbocycles. The Morgan fingerprint density at radius 2 is 1.96 bits per heavy atom. The zero-order valence-electron chi connectivity index (χ0n) is 14.9. The van der Waals surface area contributed by atoms with E-state index in [0.717, 1.165) is 10.9 Å². The maximum Gasteiger partial charge on any atom is 0.245 e. The number of hydrogen-bond donors (Lipinski definition) is 1. The summed E-state index contributed by atoms with van der Waals surface area (Å²) in [5.41, 5.74) is 6.91. The van der Waals surface area contributed by atoms with Gasteiger partial charge in [0.2, 0.25) is 15.9 Å². The van der Waals surface area contributed by atoms with E-state index >= 15 is 0 Å². The van der Waals surface area contributed by atoms with Crippen LogP contribution in [0, 0.1) is 6.92 Å². The predicted octanol–water partition coefficient (Wildman–Crippen LogP) is 1.12. The number of hydrogen-bond acceptors (Lipinski definition) is 5. The van der Waals surface area contributed by atoms with E-state index in [4.69, 9.17) is 5.73 Å². The number of nitrogens with two attached hydrogens (primary N) is 1. The van der Waals surface area contributed by atoms with Gasteiger partial charge in [0, 0.05) is 44.2 Å². The summed E-state index contributed by atoms with van der Waals surface area (Å²) in [6.07, 6.45) is 2.74. The number of aryl methyl sites for hydroxylation is 1. The molecule has 2 aromatic rings. The maximum absolute atomic E-state index is 13.1. The van der Waals surface area contributed by atoms with Crippen molar-refractivity contribution in [3.05, 3.63) is 36.0 Å². The van der Waals surface area contributed by atoms with Crippen molar-refractivity contribution in [1.29, 1.82) is 0 Å². The topological polar surface area (TPSA) is 96.6 Å². The van der Waals surface area contributed by atoms with Gasteiger partial charge in [0.25, 0.3) is 0 Å². The van der Waals surface area contributed by atoms with Gasteiger partial charge in [0.05, 0.1) is 5.52 Å². The molecule has 0 atom stereocenters. The number of carbonyl (C=O) groups is 1. The van der Waals surface area contributed by atoms with Gasteiger partial charge in [-0.3, -0.25) is 9.78 Å². The number of carbonyl (C=O) groups excluding carboxylic acids is 1. The van der Waals surface area contributed by atoms with Gasteiger partial charge >= 0.3 is 0 Å². The number of benzene rings is 1. The molecule has 7 nitrogen and oxygen atoms in total. The van der Waals surface area contributed by atoms with Gasteiger partial charge in [0.1, 0.15) is 4.90 Å². The molecule has 1 amide bonds. The minimum Gasteiger partial charge on any atom is -0.340 e. The Morgan fingerprint density at radius 3 is 2.65 bits per heavy atom. The van der Waals surface area contributed by atoms with Gasteiger partial charge in [0.15, 0.2) is 0 Å². The van der Waals surface area contributed by atoms with Gasteiger partial charge in [-0.05, 0) is 37.6 Å². The fourth-order valence-corrected chi connectivity index (χ4v) is 4.77. The Morgan fingerprint density at radius 1 is 1.23 bits per heavy atom. The molecule has 2 heterocycles. The van der Waals surface area contributed by atoms with Crippen LogP contribution in [-0.2, 0) is 14.8 Å². The summed E-state index contributed by atoms with van der Waals surface area (Å²) in [5.74, 6) is 0.0369. The fourth-order valence-electron chi connectivity index (χ4n) is 3.18. The van der Waals surface area contributed by atoms with Crippen molar-refractivity contribution in [2.45, 2.75) is 24.7 Å². The molecule has 0 aliphatic carbocycles. The van der Waals surface area contributed by atoms with Gasteiger partial charge < -0.3 is 10.6 Å². The summed E-state index contributed by atoms with van der Waals surface area (Å²) in [6, 6.07) is 7.12. The number of aromatic nitrogens is 1. The molecule has 1 fully saturated rings. The number of pyridine rings is 1. The lowest BCUT2D eigenvalue weighted by Crippen LogP contribution is -2.50. The Bertz CT molecular complexity index is 906. The lowest BCUT2D eigenvalue weighted by Gasteiger charge is -2.34. The van der Waals surface area contributed by atoms with Crippen LogP contribution in [-0.4, -0.2) is 61.2 Å². The second kappa shape index (κ2) is 7.69. The van der Waals surface area contributed by atoms with Crippen molar-refractivity contribution in [2.24, 2.45) is 5.73 Å². The molecule has 1 aromatic heterocycles. The Hall–Kier alpha value is -2.03. The van der Waals surface area contributed by atoms with Crippen molar-refractivity contribution in [3.8, 4) is 0 Å². The summed E-state index contributed by atoms with van der Waals surface area (Å²) in [7, 11) is -3.65. The van der Waals surface area contributed by atoms with Crippen LogP contribution >= 0.6 is 0 Å². The molecule has 3 rings (SSSR count). The number of para-hydroxylation sites is 1. The van der Waals surface area contributed by atoms with Crippen LogP contribution in [0.3, 0.4) is 0 Å². The minimum atomic E-state index is -3.65. The van der Waals surface area contributed by atoms with E-state index in [1.54, 1.807) is 23.2 Å². The van der Waals surface area contributed by atoms with E-state index in [9.17, 15) is 13.2 Å². The molecule has 0 bridgehead atoms. The van der Waals surface area contributed by atoms with Crippen molar-refractivity contribution in [2.75, 3.05) is 32.7 Å². The quantitative estimate of drug-likeness (QED) is 0.843. The number of fused-ring (bicyclic) bond motifs is 1. The van der Waals surface area contributed by atoms with E-state index in [1.165, 1.54) is 4.31 Å². The van der Waals surface area contributed by atoms with E-state index in [2.05, 4.69) is 4.98 Å². The van der Waals surface area contributed by atoms with Gasteiger partial charge in [-0.25, -0.2) is 8.42 Å². The van der Waals surface area contributed by atoms with Gasteiger partial charge in [-0.2, -0.15) is 4.31 Å². The normalized spacial score (nSPS) is 16.2. The summed E-state index contributed by atoms with van der Waals surface area (Å²) in [6.45, 7) is 3.79. The van der Waals surface area contributed by atoms with Crippen LogP contribution in [0.25, 0.3) is 10.9 Å². The third-order valence-corrected chi connectivity index (χ3v) is 6.54. The first kappa shape index (κ1) is 18.8. The minimum absolute atomic E-state index is 0.0369. The Labute approximate surface area is 153 Å². The second-order valence-corrected chi connectivity index (χ2v) is 8.42. The molecule has 8 heteroatoms. The Kier molecular flexibility index (Phi) is 5.55. The molecule has 140 valence electrons. The standard InChI is InChI=1S/C18H24N4O3S/c1-14-12-15-4-2-5-16(18(15)20-13-14)26(24,25)22-10-8-21(9-11-22)17(23)6-3-7-19/h2,4-5,12-13H,3,6-11,19H2,1H3. The molecular weight excluding hydrogens is 352 g/mol. The summed E-state index contributed by atoms with van der Waals surface area (Å²) in [5, 5.41) is 0.807. The Balaban J connectivity index is 1.79. The smallest absolute Gasteiger partial charge is 0.245 e. The van der Waals surface area contributed by atoms with E-state index in [0.29, 0.717) is 51.1 Å². The first-order valence-corrected chi connectivity index (χ1v) is 10.2. The molecule has 0 unspecified atom stereocenters. The number of sulfonamides is 1. The first-order valence-electron chi connectivity index (χ1n) is 8.77. The van der Waals surface area contributed by atoms with E-state index in [1.807, 2.05) is 19.1 Å². The third kappa shape index (κ3) is 3.72. The van der Waals surface area contributed by atoms with E-state index < -0.39 is 10.0 Å². The molecule has 26 heavy (non-hydrogen) atoms. The number of amides is 1. The highest BCUT2D eigenvalue weighted by molar-refractivity contribution is 7.89. The molecule has 0 saturated carbocycles. The molecule has 1 aliphatic rings. The highest BCUT2D eigenvalue weighted by atomic mass is 32.2. The van der Waals surface area contributed by atoms with Gasteiger partial charge in [-0.1, -0.05) is 12.1 Å². The van der Waals surface area contributed by atoms with Crippen molar-refractivity contribution >= 4 is 26.8 Å². The molecule has 0 spiro atoms. The van der Waals surface area contributed by atoms with Crippen molar-refractivity contribution in [1.82, 2.24) is 14.2 Å². The van der Waals surface area contributed by atoms with Gasteiger partial charge in [-0.15, -0.1) is 0 Å². The lowest BCUT2D eigenvalue weighted by atomic mass is 10.2. The molecule has 2 N–H and O–H groups in total. The lowest BCUT2D eigenvalue weighted by molar-refractivity contribution is -0.132. The first-order chi connectivity index (χ1) is 12.4. The number of piperazine rings is 1. The highest BCUT2D eigenvalue weighted by Crippen LogP contribution is 2.25. The second-order valence-electron chi connectivity index (χ2n) is 6.52. The molecule has 0 radical (unpaired) electrons. The van der Waals surface area contributed by atoms with Crippen LogP contribution in [0.5, 0.6) is 0 Å². The number of rotatable bonds is 5. The van der Waals surface area contributed by atoms with Crippen LogP contribution in [0.15, 0.2) is 35.4 Å². The van der Waals surface area contributed by atoms with Crippen LogP contribution in [0.1, 0.15) is 18.4 Å². The summed E-state index contributed by atoms with van der Waals surface area (Å²) < 4.78 is 27.6. The third-order valence-electron chi connectivity index (χ3n) is 4.61. The molecule has 1 saturated heterocycles. The average molecular weight is 376 g/mol. The predicted molar refractivity (Wildman–Crippen MR) is 100 cm³/mol. The van der Waals surface area contributed by atoms with Crippen LogP contribution in [0.2, 0.25) is 0 Å². The molecule has 1 aliphatic heterocycles. The van der Waals surface area contributed by atoms with Crippen LogP contribution in [0.4, 0.5) is 0 Å². The van der Waals surface area contributed by atoms with E-state index in [-0.39, 0.29) is 10.8 Å². The largest absolute Gasteiger partial charge is 0.340 e. The van der Waals surface area contributed by atoms with Crippen LogP contribution < -0.4 is 5.73 Å². The zero-order chi connectivity index (χ0) is 18.7. The summed E-state index contributed by atoms with van der Waals surface area (Å²) >= 11 is 0. The zero-order valence-corrected chi connectivity index (χ0v) is 15.7. The highest BCUT2D eigenvalue weighted by Gasteiger charge is 2.31. The van der Waals surface area contributed by atoms with Crippen molar-refractivity contribution in [3.63, 3.8) is 0 Å². The average Bonchev–Trinajstić information content (AvgIpc) is 2.65. The number of nitrogens with zero attached hydrogens (tertiary/aromatic N) is 3. The SMILES string of the molecule is Cc1cnc2c(S(=O)(=O)N3CCN(C(=O)CCCN)CC3)cccc2c1. The summed E-state index contributed by atoms with van der Waals surface area (Å²) in [4.78, 5) is 18.4. The van der Waals surface area contributed by atoms with Crippen molar-refractivity contribution < 1.29 is 13.2 Å². The maximum atomic E-state index is 13.1.